The standard InChI is InChI=1S/C15H11BrN4S/c16-11-5-3-10(4-6-11)13-8-12(14-2-1-7-21-14)19-15-17-9-18-20(13)15/h1-9,13H,(H,17,18,19)/t13-/m0/s1. The number of nitrogens with zero attached hydrogens (tertiary/aromatic N) is 3. The van der Waals surface area contributed by atoms with Gasteiger partial charge < -0.3 is 5.32 Å². The van der Waals surface area contributed by atoms with Gasteiger partial charge >= 0.3 is 0 Å². The summed E-state index contributed by atoms with van der Waals surface area (Å²) in [6, 6.07) is 12.5. The highest BCUT2D eigenvalue weighted by Crippen LogP contribution is 2.33. The summed E-state index contributed by atoms with van der Waals surface area (Å²) in [7, 11) is 0. The van der Waals surface area contributed by atoms with E-state index in [0.717, 1.165) is 16.1 Å². The summed E-state index contributed by atoms with van der Waals surface area (Å²) in [6.45, 7) is 0. The number of fused-ring (bicyclic) bond motifs is 1. The molecular formula is C15H11BrN4S. The number of aromatic nitrogens is 3. The molecule has 1 aliphatic heterocycles. The number of rotatable bonds is 2. The monoisotopic (exact) mass is 358 g/mol. The highest BCUT2D eigenvalue weighted by Gasteiger charge is 2.23. The SMILES string of the molecule is Brc1ccc([C@@H]2C=C(c3cccs3)Nc3ncnn32)cc1. The van der Waals surface area contributed by atoms with Crippen molar-refractivity contribution in [3.8, 4) is 0 Å². The predicted molar refractivity (Wildman–Crippen MR) is 88.2 cm³/mol. The molecule has 0 aliphatic carbocycles. The largest absolute Gasteiger partial charge is 0.323 e. The molecule has 0 bridgehead atoms. The Hall–Kier alpha value is -1.92. The van der Waals surface area contributed by atoms with Gasteiger partial charge in [-0.15, -0.1) is 11.3 Å². The summed E-state index contributed by atoms with van der Waals surface area (Å²) in [5.74, 6) is 0.772. The lowest BCUT2D eigenvalue weighted by atomic mass is 10.0. The van der Waals surface area contributed by atoms with Gasteiger partial charge in [0.1, 0.15) is 12.4 Å². The Balaban J connectivity index is 1.82. The molecule has 0 spiro atoms. The Labute approximate surface area is 134 Å². The number of anilines is 1. The van der Waals surface area contributed by atoms with Crippen molar-refractivity contribution in [3.05, 3.63) is 69.1 Å². The first-order chi connectivity index (χ1) is 10.3. The van der Waals surface area contributed by atoms with Crippen LogP contribution in [0.3, 0.4) is 0 Å². The Kier molecular flexibility index (Phi) is 3.12. The van der Waals surface area contributed by atoms with Crippen LogP contribution in [-0.4, -0.2) is 14.8 Å². The smallest absolute Gasteiger partial charge is 0.226 e. The van der Waals surface area contributed by atoms with E-state index < -0.39 is 0 Å². The van der Waals surface area contributed by atoms with Gasteiger partial charge in [-0.05, 0) is 35.2 Å². The van der Waals surface area contributed by atoms with Crippen molar-refractivity contribution in [1.29, 1.82) is 0 Å². The first-order valence-corrected chi connectivity index (χ1v) is 8.16. The van der Waals surface area contributed by atoms with E-state index in [4.69, 9.17) is 0 Å². The highest BCUT2D eigenvalue weighted by atomic mass is 79.9. The molecule has 1 atom stereocenters. The zero-order chi connectivity index (χ0) is 14.2. The zero-order valence-corrected chi connectivity index (χ0v) is 13.3. The van der Waals surface area contributed by atoms with Crippen molar-refractivity contribution >= 4 is 38.9 Å². The van der Waals surface area contributed by atoms with Gasteiger partial charge in [-0.25, -0.2) is 4.68 Å². The summed E-state index contributed by atoms with van der Waals surface area (Å²) in [6.07, 6.45) is 3.77. The van der Waals surface area contributed by atoms with Gasteiger partial charge in [0.05, 0.1) is 10.6 Å². The minimum atomic E-state index is 0.0500. The summed E-state index contributed by atoms with van der Waals surface area (Å²) in [5.41, 5.74) is 2.26. The Morgan fingerprint density at radius 2 is 2.05 bits per heavy atom. The molecule has 0 saturated heterocycles. The van der Waals surface area contributed by atoms with Gasteiger partial charge in [0, 0.05) is 4.47 Å². The van der Waals surface area contributed by atoms with E-state index in [1.807, 2.05) is 16.8 Å². The number of hydrogen-bond donors (Lipinski definition) is 1. The summed E-state index contributed by atoms with van der Waals surface area (Å²) >= 11 is 5.19. The lowest BCUT2D eigenvalue weighted by Crippen LogP contribution is -2.19. The van der Waals surface area contributed by atoms with Crippen molar-refractivity contribution in [3.63, 3.8) is 0 Å². The van der Waals surface area contributed by atoms with Crippen molar-refractivity contribution in [2.75, 3.05) is 5.32 Å². The van der Waals surface area contributed by atoms with Crippen LogP contribution in [0.25, 0.3) is 5.70 Å². The molecular weight excluding hydrogens is 348 g/mol. The number of benzene rings is 1. The number of allylic oxidation sites excluding steroid dienone is 1. The molecule has 104 valence electrons. The maximum atomic E-state index is 4.34. The van der Waals surface area contributed by atoms with Crippen molar-refractivity contribution in [2.45, 2.75) is 6.04 Å². The Bertz CT molecular complexity index is 789. The highest BCUT2D eigenvalue weighted by molar-refractivity contribution is 9.10. The lowest BCUT2D eigenvalue weighted by Gasteiger charge is -2.23. The molecule has 3 aromatic rings. The third-order valence-corrected chi connectivity index (χ3v) is 4.84. The quantitative estimate of drug-likeness (QED) is 0.747. The second-order valence-electron chi connectivity index (χ2n) is 4.71. The van der Waals surface area contributed by atoms with Crippen molar-refractivity contribution in [1.82, 2.24) is 14.8 Å². The zero-order valence-electron chi connectivity index (χ0n) is 10.9. The molecule has 21 heavy (non-hydrogen) atoms. The summed E-state index contributed by atoms with van der Waals surface area (Å²) < 4.78 is 2.97. The van der Waals surface area contributed by atoms with Crippen LogP contribution in [0.2, 0.25) is 0 Å². The number of thiophene rings is 1. The van der Waals surface area contributed by atoms with Gasteiger partial charge in [0.25, 0.3) is 0 Å². The van der Waals surface area contributed by atoms with Crippen LogP contribution in [0.4, 0.5) is 5.95 Å². The Morgan fingerprint density at radius 3 is 2.81 bits per heavy atom. The molecule has 3 heterocycles. The second-order valence-corrected chi connectivity index (χ2v) is 6.57. The van der Waals surface area contributed by atoms with Gasteiger partial charge in [0.2, 0.25) is 5.95 Å². The van der Waals surface area contributed by atoms with Crippen LogP contribution in [0.5, 0.6) is 0 Å². The number of hydrogen-bond acceptors (Lipinski definition) is 4. The normalized spacial score (nSPS) is 17.0. The van der Waals surface area contributed by atoms with Gasteiger partial charge in [0.15, 0.2) is 0 Å². The molecule has 4 rings (SSSR count). The number of nitrogens with one attached hydrogen (secondary N) is 1. The molecule has 0 fully saturated rings. The van der Waals surface area contributed by atoms with Crippen LogP contribution in [0.1, 0.15) is 16.5 Å². The van der Waals surface area contributed by atoms with Crippen molar-refractivity contribution < 1.29 is 0 Å². The fraction of sp³-hybridized carbons (Fsp3) is 0.0667. The van der Waals surface area contributed by atoms with Crippen LogP contribution in [0.15, 0.2) is 58.7 Å². The lowest BCUT2D eigenvalue weighted by molar-refractivity contribution is 0.612. The third-order valence-electron chi connectivity index (χ3n) is 3.41. The minimum Gasteiger partial charge on any atom is -0.323 e. The Morgan fingerprint density at radius 1 is 1.19 bits per heavy atom. The van der Waals surface area contributed by atoms with Gasteiger partial charge in [-0.2, -0.15) is 10.1 Å². The van der Waals surface area contributed by atoms with Crippen LogP contribution < -0.4 is 5.32 Å². The molecule has 1 aliphatic rings. The maximum Gasteiger partial charge on any atom is 0.226 e. The summed E-state index contributed by atoms with van der Waals surface area (Å²) in [4.78, 5) is 5.51. The van der Waals surface area contributed by atoms with E-state index in [9.17, 15) is 0 Å². The maximum absolute atomic E-state index is 4.34. The third kappa shape index (κ3) is 2.30. The fourth-order valence-electron chi connectivity index (χ4n) is 2.41. The van der Waals surface area contributed by atoms with Crippen LogP contribution >= 0.6 is 27.3 Å². The molecule has 0 radical (unpaired) electrons. The van der Waals surface area contributed by atoms with Crippen LogP contribution in [-0.2, 0) is 0 Å². The molecule has 2 aromatic heterocycles. The predicted octanol–water partition coefficient (Wildman–Crippen LogP) is 4.16. The van der Waals surface area contributed by atoms with E-state index in [0.29, 0.717) is 0 Å². The molecule has 1 aromatic carbocycles. The van der Waals surface area contributed by atoms with Gasteiger partial charge in [-0.1, -0.05) is 34.1 Å². The van der Waals surface area contributed by atoms with E-state index in [1.54, 1.807) is 17.7 Å². The average molecular weight is 359 g/mol. The van der Waals surface area contributed by atoms with E-state index >= 15 is 0 Å². The molecule has 4 nitrogen and oxygen atoms in total. The fourth-order valence-corrected chi connectivity index (χ4v) is 3.38. The van der Waals surface area contributed by atoms with Crippen LogP contribution in [0, 0.1) is 0 Å². The first kappa shape index (κ1) is 12.8. The molecule has 0 unspecified atom stereocenters. The molecule has 0 saturated carbocycles. The topological polar surface area (TPSA) is 42.7 Å². The van der Waals surface area contributed by atoms with E-state index in [1.165, 1.54) is 10.4 Å². The van der Waals surface area contributed by atoms with E-state index in [2.05, 4.69) is 67.1 Å². The summed E-state index contributed by atoms with van der Waals surface area (Å²) in [5, 5.41) is 9.76. The molecule has 1 N–H and O–H groups in total. The average Bonchev–Trinajstić information content (AvgIpc) is 3.18. The minimum absolute atomic E-state index is 0.0500. The van der Waals surface area contributed by atoms with E-state index in [-0.39, 0.29) is 6.04 Å². The second kappa shape index (κ2) is 5.13. The first-order valence-electron chi connectivity index (χ1n) is 6.49. The van der Waals surface area contributed by atoms with Crippen molar-refractivity contribution in [2.24, 2.45) is 0 Å². The molecule has 6 heteroatoms. The number of halogens is 1. The molecule has 0 amide bonds. The van der Waals surface area contributed by atoms with Gasteiger partial charge in [-0.3, -0.25) is 0 Å².